The van der Waals surface area contributed by atoms with Gasteiger partial charge < -0.3 is 4.74 Å². The van der Waals surface area contributed by atoms with Crippen LogP contribution < -0.4 is 4.74 Å². The lowest BCUT2D eigenvalue weighted by atomic mass is 10.1. The molecule has 0 aliphatic heterocycles. The smallest absolute Gasteiger partial charge is 0.118 e. The fraction of sp³-hybridized carbons (Fsp3) is 0.462. The normalized spacial score (nSPS) is 11.5. The van der Waals surface area contributed by atoms with Crippen molar-refractivity contribution >= 4 is 5.71 Å². The van der Waals surface area contributed by atoms with Gasteiger partial charge in [0.25, 0.3) is 0 Å². The van der Waals surface area contributed by atoms with Crippen molar-refractivity contribution < 1.29 is 4.74 Å². The first-order chi connectivity index (χ1) is 7.27. The molecule has 0 heterocycles. The molecule has 0 saturated heterocycles. The molecule has 0 radical (unpaired) electrons. The van der Waals surface area contributed by atoms with Crippen molar-refractivity contribution in [3.05, 3.63) is 29.8 Å². The Hall–Kier alpha value is -1.31. The predicted molar refractivity (Wildman–Crippen MR) is 65.0 cm³/mol. The van der Waals surface area contributed by atoms with E-state index in [1.54, 1.807) is 7.11 Å². The van der Waals surface area contributed by atoms with Crippen molar-refractivity contribution in [3.63, 3.8) is 0 Å². The highest BCUT2D eigenvalue weighted by molar-refractivity contribution is 5.98. The SMILES string of the molecule is CCCCN=C(C)c1ccc(OC)cc1. The monoisotopic (exact) mass is 205 g/mol. The molecule has 1 aromatic rings. The molecule has 0 N–H and O–H groups in total. The average Bonchev–Trinajstić information content (AvgIpc) is 2.29. The number of benzene rings is 1. The van der Waals surface area contributed by atoms with Gasteiger partial charge in [-0.3, -0.25) is 4.99 Å². The molecule has 1 aromatic carbocycles. The summed E-state index contributed by atoms with van der Waals surface area (Å²) >= 11 is 0. The Kier molecular flexibility index (Phi) is 4.88. The standard InChI is InChI=1S/C13H19NO/c1-4-5-10-14-11(2)12-6-8-13(15-3)9-7-12/h6-9H,4-5,10H2,1-3H3. The number of methoxy groups -OCH3 is 1. The van der Waals surface area contributed by atoms with Crippen LogP contribution in [0.5, 0.6) is 5.75 Å². The Labute approximate surface area is 92.0 Å². The van der Waals surface area contributed by atoms with Gasteiger partial charge in [-0.05, 0) is 43.2 Å². The highest BCUT2D eigenvalue weighted by atomic mass is 16.5. The highest BCUT2D eigenvalue weighted by Gasteiger charge is 1.97. The average molecular weight is 205 g/mol. The van der Waals surface area contributed by atoms with E-state index >= 15 is 0 Å². The van der Waals surface area contributed by atoms with Gasteiger partial charge in [0.05, 0.1) is 7.11 Å². The summed E-state index contributed by atoms with van der Waals surface area (Å²) in [6.45, 7) is 5.16. The summed E-state index contributed by atoms with van der Waals surface area (Å²) in [6.07, 6.45) is 2.35. The van der Waals surface area contributed by atoms with Crippen molar-refractivity contribution in [2.45, 2.75) is 26.7 Å². The van der Waals surface area contributed by atoms with Crippen molar-refractivity contribution in [3.8, 4) is 5.75 Å². The van der Waals surface area contributed by atoms with Crippen LogP contribution in [0, 0.1) is 0 Å². The lowest BCUT2D eigenvalue weighted by Gasteiger charge is -2.03. The van der Waals surface area contributed by atoms with E-state index in [1.807, 2.05) is 24.3 Å². The Morgan fingerprint density at radius 3 is 2.47 bits per heavy atom. The molecule has 0 amide bonds. The third-order valence-electron chi connectivity index (χ3n) is 2.37. The number of rotatable bonds is 5. The minimum Gasteiger partial charge on any atom is -0.497 e. The molecule has 0 atom stereocenters. The van der Waals surface area contributed by atoms with Gasteiger partial charge in [0, 0.05) is 12.3 Å². The van der Waals surface area contributed by atoms with Crippen LogP contribution in [0.1, 0.15) is 32.3 Å². The molecule has 0 spiro atoms. The van der Waals surface area contributed by atoms with Gasteiger partial charge >= 0.3 is 0 Å². The van der Waals surface area contributed by atoms with Crippen LogP contribution in [-0.2, 0) is 0 Å². The number of hydrogen-bond acceptors (Lipinski definition) is 2. The number of nitrogens with zero attached hydrogens (tertiary/aromatic N) is 1. The van der Waals surface area contributed by atoms with E-state index in [0.717, 1.165) is 24.4 Å². The second-order valence-electron chi connectivity index (χ2n) is 3.55. The fourth-order valence-electron chi connectivity index (χ4n) is 1.33. The minimum absolute atomic E-state index is 0.889. The minimum atomic E-state index is 0.889. The second-order valence-corrected chi connectivity index (χ2v) is 3.55. The van der Waals surface area contributed by atoms with E-state index in [9.17, 15) is 0 Å². The number of hydrogen-bond donors (Lipinski definition) is 0. The highest BCUT2D eigenvalue weighted by Crippen LogP contribution is 2.12. The maximum absolute atomic E-state index is 5.11. The van der Waals surface area contributed by atoms with Crippen molar-refractivity contribution in [2.24, 2.45) is 4.99 Å². The molecule has 0 bridgehead atoms. The molecule has 2 heteroatoms. The first-order valence-corrected chi connectivity index (χ1v) is 5.43. The van der Waals surface area contributed by atoms with Gasteiger partial charge in [-0.25, -0.2) is 0 Å². The van der Waals surface area contributed by atoms with Crippen molar-refractivity contribution in [2.75, 3.05) is 13.7 Å². The summed E-state index contributed by atoms with van der Waals surface area (Å²) in [5, 5.41) is 0. The number of ether oxygens (including phenoxy) is 1. The predicted octanol–water partition coefficient (Wildman–Crippen LogP) is 3.30. The largest absolute Gasteiger partial charge is 0.497 e. The molecular weight excluding hydrogens is 186 g/mol. The number of aliphatic imine (C=N–C) groups is 1. The van der Waals surface area contributed by atoms with Crippen LogP contribution in [-0.4, -0.2) is 19.4 Å². The van der Waals surface area contributed by atoms with Gasteiger partial charge in [0.1, 0.15) is 5.75 Å². The van der Waals surface area contributed by atoms with Crippen LogP contribution in [0.2, 0.25) is 0 Å². The van der Waals surface area contributed by atoms with Gasteiger partial charge in [-0.2, -0.15) is 0 Å². The third-order valence-corrected chi connectivity index (χ3v) is 2.37. The van der Waals surface area contributed by atoms with Gasteiger partial charge in [-0.1, -0.05) is 13.3 Å². The maximum Gasteiger partial charge on any atom is 0.118 e. The molecule has 0 saturated carbocycles. The van der Waals surface area contributed by atoms with Crippen LogP contribution in [0.4, 0.5) is 0 Å². The zero-order valence-electron chi connectivity index (χ0n) is 9.79. The summed E-state index contributed by atoms with van der Waals surface area (Å²) in [6, 6.07) is 8.02. The van der Waals surface area contributed by atoms with E-state index in [1.165, 1.54) is 12.0 Å². The fourth-order valence-corrected chi connectivity index (χ4v) is 1.33. The topological polar surface area (TPSA) is 21.6 Å². The molecular formula is C13H19NO. The third kappa shape index (κ3) is 3.74. The Bertz CT molecular complexity index is 314. The van der Waals surface area contributed by atoms with E-state index in [0.29, 0.717) is 0 Å². The van der Waals surface area contributed by atoms with E-state index in [4.69, 9.17) is 4.74 Å². The maximum atomic E-state index is 5.11. The van der Waals surface area contributed by atoms with Crippen molar-refractivity contribution in [1.29, 1.82) is 0 Å². The lowest BCUT2D eigenvalue weighted by Crippen LogP contribution is -1.96. The molecule has 0 aliphatic carbocycles. The molecule has 2 nitrogen and oxygen atoms in total. The first-order valence-electron chi connectivity index (χ1n) is 5.43. The van der Waals surface area contributed by atoms with E-state index < -0.39 is 0 Å². The zero-order chi connectivity index (χ0) is 11.1. The Morgan fingerprint density at radius 2 is 1.93 bits per heavy atom. The van der Waals surface area contributed by atoms with Crippen LogP contribution in [0.25, 0.3) is 0 Å². The second kappa shape index (κ2) is 6.23. The van der Waals surface area contributed by atoms with Crippen LogP contribution in [0.15, 0.2) is 29.3 Å². The van der Waals surface area contributed by atoms with Crippen LogP contribution >= 0.6 is 0 Å². The quantitative estimate of drug-likeness (QED) is 0.534. The van der Waals surface area contributed by atoms with Crippen molar-refractivity contribution in [1.82, 2.24) is 0 Å². The summed E-state index contributed by atoms with van der Waals surface area (Å²) in [5.74, 6) is 0.889. The van der Waals surface area contributed by atoms with Gasteiger partial charge in [0.2, 0.25) is 0 Å². The lowest BCUT2D eigenvalue weighted by molar-refractivity contribution is 0.415. The molecule has 0 aliphatic rings. The number of unbranched alkanes of at least 4 members (excludes halogenated alkanes) is 1. The van der Waals surface area contributed by atoms with Gasteiger partial charge in [-0.15, -0.1) is 0 Å². The Morgan fingerprint density at radius 1 is 1.27 bits per heavy atom. The van der Waals surface area contributed by atoms with E-state index in [2.05, 4.69) is 18.8 Å². The first kappa shape index (κ1) is 11.8. The summed E-state index contributed by atoms with van der Waals surface area (Å²) in [7, 11) is 1.68. The van der Waals surface area contributed by atoms with Gasteiger partial charge in [0.15, 0.2) is 0 Å². The Balaban J connectivity index is 2.65. The molecule has 0 fully saturated rings. The molecule has 82 valence electrons. The molecule has 0 aromatic heterocycles. The zero-order valence-corrected chi connectivity index (χ0v) is 9.79. The molecule has 15 heavy (non-hydrogen) atoms. The van der Waals surface area contributed by atoms with Crippen LogP contribution in [0.3, 0.4) is 0 Å². The summed E-state index contributed by atoms with van der Waals surface area (Å²) in [5.41, 5.74) is 2.28. The molecule has 0 unspecified atom stereocenters. The molecule has 1 rings (SSSR count). The van der Waals surface area contributed by atoms with E-state index in [-0.39, 0.29) is 0 Å². The summed E-state index contributed by atoms with van der Waals surface area (Å²) in [4.78, 5) is 4.52. The summed E-state index contributed by atoms with van der Waals surface area (Å²) < 4.78 is 5.11.